The molecule has 0 bridgehead atoms. The maximum absolute atomic E-state index is 14.0. The van der Waals surface area contributed by atoms with E-state index in [0.29, 0.717) is 36.9 Å². The second-order valence-electron chi connectivity index (χ2n) is 12.5. The van der Waals surface area contributed by atoms with Crippen LogP contribution in [0, 0.1) is 17.8 Å². The molecule has 2 aliphatic rings. The summed E-state index contributed by atoms with van der Waals surface area (Å²) in [5.41, 5.74) is 6.48. The number of pyridine rings is 1. The first-order valence-corrected chi connectivity index (χ1v) is 16.6. The maximum Gasteiger partial charge on any atom is 0.238 e. The van der Waals surface area contributed by atoms with Crippen LogP contribution in [0.1, 0.15) is 50.3 Å². The Morgan fingerprint density at radius 1 is 0.938 bits per heavy atom. The van der Waals surface area contributed by atoms with Crippen LogP contribution in [0.5, 0.6) is 5.75 Å². The molecule has 6 rings (SSSR count). The Bertz CT molecular complexity index is 1790. The number of phenolic OH excluding ortho intramolecular Hbond substituents is 1. The minimum atomic E-state index is -0.920. The predicted octanol–water partition coefficient (Wildman–Crippen LogP) is 7.13. The molecule has 246 valence electrons. The van der Waals surface area contributed by atoms with Crippen molar-refractivity contribution in [1.82, 2.24) is 4.98 Å². The zero-order chi connectivity index (χ0) is 33.6. The van der Waals surface area contributed by atoms with Gasteiger partial charge in [0.2, 0.25) is 11.8 Å². The van der Waals surface area contributed by atoms with Gasteiger partial charge >= 0.3 is 0 Å². The van der Waals surface area contributed by atoms with E-state index in [1.54, 1.807) is 30.5 Å². The summed E-state index contributed by atoms with van der Waals surface area (Å²) >= 11 is 0. The Labute approximate surface area is 281 Å². The first-order chi connectivity index (χ1) is 23.4. The highest BCUT2D eigenvalue weighted by Gasteiger charge is 2.55. The first kappa shape index (κ1) is 32.9. The van der Waals surface area contributed by atoms with Crippen molar-refractivity contribution >= 4 is 40.5 Å². The zero-order valence-corrected chi connectivity index (χ0v) is 27.0. The third kappa shape index (κ3) is 6.95. The topological polar surface area (TPSA) is 123 Å². The van der Waals surface area contributed by atoms with E-state index >= 15 is 0 Å². The van der Waals surface area contributed by atoms with Crippen molar-refractivity contribution in [3.63, 3.8) is 0 Å². The third-order valence-electron chi connectivity index (χ3n) is 9.39. The largest absolute Gasteiger partial charge is 0.508 e. The molecular formula is C40H41N3O5. The molecule has 8 nitrogen and oxygen atoms in total. The number of allylic oxidation sites excluding steroid dienone is 2. The lowest BCUT2D eigenvalue weighted by Crippen LogP contribution is -2.39. The molecule has 4 atom stereocenters. The number of imide groups is 1. The summed E-state index contributed by atoms with van der Waals surface area (Å²) in [6.45, 7) is 1.71. The molecule has 2 amide bonds. The molecule has 3 aromatic carbocycles. The number of nitrogens with one attached hydrogen (secondary N) is 1. The van der Waals surface area contributed by atoms with Crippen LogP contribution in [0.25, 0.3) is 11.6 Å². The highest BCUT2D eigenvalue weighted by atomic mass is 16.3. The van der Waals surface area contributed by atoms with Crippen molar-refractivity contribution in [2.45, 2.75) is 45.1 Å². The molecule has 0 saturated carbocycles. The molecule has 8 heteroatoms. The highest BCUT2D eigenvalue weighted by Crippen LogP contribution is 2.48. The number of fused-ring (bicyclic) bond motifs is 1. The molecule has 0 radical (unpaired) electrons. The second kappa shape index (κ2) is 14.8. The lowest BCUT2D eigenvalue weighted by atomic mass is 9.67. The molecule has 48 heavy (non-hydrogen) atoms. The van der Waals surface area contributed by atoms with Gasteiger partial charge in [0, 0.05) is 23.5 Å². The third-order valence-corrected chi connectivity index (χ3v) is 9.39. The molecule has 1 aliphatic carbocycles. The molecule has 1 fully saturated rings. The fourth-order valence-corrected chi connectivity index (χ4v) is 7.18. The van der Waals surface area contributed by atoms with Crippen LogP contribution in [-0.4, -0.2) is 44.8 Å². The average molecular weight is 644 g/mol. The van der Waals surface area contributed by atoms with Crippen molar-refractivity contribution in [2.24, 2.45) is 17.8 Å². The lowest BCUT2D eigenvalue weighted by Gasteiger charge is -2.36. The van der Waals surface area contributed by atoms with E-state index in [2.05, 4.69) is 17.2 Å². The van der Waals surface area contributed by atoms with Crippen LogP contribution in [0.15, 0.2) is 114 Å². The number of hydrogen-bond acceptors (Lipinski definition) is 7. The van der Waals surface area contributed by atoms with Crippen molar-refractivity contribution in [3.8, 4) is 5.75 Å². The summed E-state index contributed by atoms with van der Waals surface area (Å²) in [6, 6.07) is 29.5. The monoisotopic (exact) mass is 643 g/mol. The van der Waals surface area contributed by atoms with Crippen LogP contribution in [0.4, 0.5) is 17.1 Å². The van der Waals surface area contributed by atoms with E-state index in [1.165, 1.54) is 4.90 Å². The Hall–Kier alpha value is -5.05. The summed E-state index contributed by atoms with van der Waals surface area (Å²) in [5.74, 6) is -2.43. The Kier molecular flexibility index (Phi) is 10.1. The van der Waals surface area contributed by atoms with Crippen LogP contribution in [0.3, 0.4) is 0 Å². The number of anilines is 3. The standard InChI is InChI=1S/C40H41N3O5/c1-2-8-28-24-33-38(40(48)43(39(33)47)31-17-15-30(16-18-31)42-29-9-4-3-5-10-29)34(25-44)37(28)36(46)21-14-27(35-11-6-7-22-41-35)23-26-12-19-32(45)20-13-26/h3-7,9-13,15-20,22-23,33-34,36,38,42,44-46H,2,8,14,21,24-25H2,1H3/b27-23-/t33-,34+,36-,38-/m1/s1. The van der Waals surface area contributed by atoms with Crippen LogP contribution in [0.2, 0.25) is 0 Å². The van der Waals surface area contributed by atoms with Crippen LogP contribution >= 0.6 is 0 Å². The number of benzene rings is 3. The number of aromatic nitrogens is 1. The summed E-state index contributed by atoms with van der Waals surface area (Å²) in [6.07, 6.45) is 5.49. The SMILES string of the molecule is CCCC1=C([C@H](O)CC/C(=C/c2ccc(O)cc2)c2ccccn2)[C@H](CO)[C@@H]2C(=O)N(c3ccc(Nc4ccccc4)cc3)C(=O)[C@@H]2C1. The van der Waals surface area contributed by atoms with Gasteiger partial charge < -0.3 is 20.6 Å². The minimum absolute atomic E-state index is 0.179. The van der Waals surface area contributed by atoms with E-state index in [0.717, 1.165) is 40.2 Å². The van der Waals surface area contributed by atoms with Crippen LogP contribution in [-0.2, 0) is 9.59 Å². The van der Waals surface area contributed by atoms with Gasteiger partial charge in [0.25, 0.3) is 0 Å². The number of aliphatic hydroxyl groups excluding tert-OH is 2. The van der Waals surface area contributed by atoms with Gasteiger partial charge in [-0.05, 0) is 109 Å². The van der Waals surface area contributed by atoms with E-state index in [-0.39, 0.29) is 24.2 Å². The number of aliphatic hydroxyl groups is 2. The summed E-state index contributed by atoms with van der Waals surface area (Å²) < 4.78 is 0. The molecule has 1 saturated heterocycles. The molecule has 4 aromatic rings. The van der Waals surface area contributed by atoms with Gasteiger partial charge in [0.05, 0.1) is 35.9 Å². The number of hydrogen-bond donors (Lipinski definition) is 4. The number of rotatable bonds is 12. The van der Waals surface area contributed by atoms with Gasteiger partial charge in [0.15, 0.2) is 0 Å². The van der Waals surface area contributed by atoms with Crippen molar-refractivity contribution in [3.05, 3.63) is 126 Å². The normalized spacial score (nSPS) is 20.2. The van der Waals surface area contributed by atoms with Crippen molar-refractivity contribution in [1.29, 1.82) is 0 Å². The summed E-state index contributed by atoms with van der Waals surface area (Å²) in [4.78, 5) is 33.7. The number of amides is 2. The summed E-state index contributed by atoms with van der Waals surface area (Å²) in [5, 5.41) is 35.7. The number of carbonyl (C=O) groups is 2. The number of aromatic hydroxyl groups is 1. The van der Waals surface area contributed by atoms with Gasteiger partial charge in [0.1, 0.15) is 5.75 Å². The number of nitrogens with zero attached hydrogens (tertiary/aromatic N) is 2. The quantitative estimate of drug-likeness (QED) is 0.0957. The molecule has 1 aliphatic heterocycles. The number of para-hydroxylation sites is 1. The van der Waals surface area contributed by atoms with E-state index < -0.39 is 23.9 Å². The second-order valence-corrected chi connectivity index (χ2v) is 12.5. The van der Waals surface area contributed by atoms with E-state index in [9.17, 15) is 24.9 Å². The van der Waals surface area contributed by atoms with Gasteiger partial charge in [-0.1, -0.05) is 55.3 Å². The van der Waals surface area contributed by atoms with Crippen molar-refractivity contribution in [2.75, 3.05) is 16.8 Å². The smallest absolute Gasteiger partial charge is 0.238 e. The van der Waals surface area contributed by atoms with Gasteiger partial charge in [-0.15, -0.1) is 0 Å². The lowest BCUT2D eigenvalue weighted by molar-refractivity contribution is -0.123. The fraction of sp³-hybridized carbons (Fsp3) is 0.275. The molecule has 4 N–H and O–H groups in total. The Balaban J connectivity index is 1.24. The minimum Gasteiger partial charge on any atom is -0.508 e. The van der Waals surface area contributed by atoms with Crippen molar-refractivity contribution < 1.29 is 24.9 Å². The maximum atomic E-state index is 14.0. The molecule has 0 unspecified atom stereocenters. The van der Waals surface area contributed by atoms with Gasteiger partial charge in [-0.2, -0.15) is 0 Å². The van der Waals surface area contributed by atoms with Crippen LogP contribution < -0.4 is 10.2 Å². The molecular weight excluding hydrogens is 602 g/mol. The number of carbonyl (C=O) groups excluding carboxylic acids is 2. The predicted molar refractivity (Wildman–Crippen MR) is 188 cm³/mol. The Morgan fingerprint density at radius 3 is 2.31 bits per heavy atom. The Morgan fingerprint density at radius 2 is 1.65 bits per heavy atom. The molecule has 0 spiro atoms. The molecule has 2 heterocycles. The van der Waals surface area contributed by atoms with Gasteiger partial charge in [-0.3, -0.25) is 19.5 Å². The van der Waals surface area contributed by atoms with E-state index in [1.807, 2.05) is 78.9 Å². The first-order valence-electron chi connectivity index (χ1n) is 16.6. The average Bonchev–Trinajstić information content (AvgIpc) is 3.36. The highest BCUT2D eigenvalue weighted by molar-refractivity contribution is 6.22. The fourth-order valence-electron chi connectivity index (χ4n) is 7.18. The zero-order valence-electron chi connectivity index (χ0n) is 27.0. The number of phenols is 1. The summed E-state index contributed by atoms with van der Waals surface area (Å²) in [7, 11) is 0. The van der Waals surface area contributed by atoms with Gasteiger partial charge in [-0.25, -0.2) is 0 Å². The molecule has 1 aromatic heterocycles. The van der Waals surface area contributed by atoms with E-state index in [4.69, 9.17) is 0 Å².